The molecule has 6 heteroatoms. The van der Waals surface area contributed by atoms with Crippen LogP contribution in [0, 0.1) is 0 Å². The Kier molecular flexibility index (Phi) is 5.48. The quantitative estimate of drug-likeness (QED) is 0.432. The maximum atomic E-state index is 9.89. The number of carboxylic acids is 2. The monoisotopic (exact) mass is 186 g/mol. The van der Waals surface area contributed by atoms with Crippen molar-refractivity contribution in [3.63, 3.8) is 0 Å². The van der Waals surface area contributed by atoms with Crippen molar-refractivity contribution < 1.29 is 24.5 Å². The minimum absolute atomic E-state index is 1.06. The first-order valence-electron chi connectivity index (χ1n) is 3.24. The summed E-state index contributed by atoms with van der Waals surface area (Å²) in [5, 5.41) is 16.2. The van der Waals surface area contributed by atoms with Crippen LogP contribution in [0.1, 0.15) is 0 Å². The molecule has 0 aromatic carbocycles. The van der Waals surface area contributed by atoms with Crippen LogP contribution >= 0.6 is 0 Å². The zero-order valence-corrected chi connectivity index (χ0v) is 9.40. The van der Waals surface area contributed by atoms with Gasteiger partial charge in [-0.15, -0.1) is 0 Å². The topological polar surface area (TPSA) is 87.1 Å². The van der Waals surface area contributed by atoms with Crippen molar-refractivity contribution in [3.8, 4) is 0 Å². The zero-order chi connectivity index (χ0) is 9.02. The van der Waals surface area contributed by atoms with Gasteiger partial charge in [-0.25, -0.2) is 9.59 Å². The summed E-state index contributed by atoms with van der Waals surface area (Å²) in [7, 11) is 0. The van der Waals surface area contributed by atoms with Gasteiger partial charge in [0.15, 0.2) is 12.2 Å². The summed E-state index contributed by atoms with van der Waals surface area (Å²) in [6.45, 7) is 0. The van der Waals surface area contributed by atoms with Gasteiger partial charge < -0.3 is 14.9 Å². The van der Waals surface area contributed by atoms with E-state index in [4.69, 9.17) is 10.2 Å². The second-order valence-corrected chi connectivity index (χ2v) is 1.65. The van der Waals surface area contributed by atoms with Crippen molar-refractivity contribution in [2.75, 3.05) is 0 Å². The van der Waals surface area contributed by atoms with Gasteiger partial charge in [0.05, 0.1) is 0 Å². The zero-order valence-electron chi connectivity index (χ0n) is 6.27. The predicted molar refractivity (Wildman–Crippen MR) is 35.6 cm³/mol. The molecule has 11 heavy (non-hydrogen) atoms. The first-order chi connectivity index (χ1) is 5.13. The predicted octanol–water partition coefficient (Wildman–Crippen LogP) is -0.874. The number of rotatable bonds is 2. The Labute approximate surface area is 97.3 Å². The van der Waals surface area contributed by atoms with Gasteiger partial charge in [0.2, 0.25) is 0 Å². The normalized spacial score (nSPS) is 26.5. The van der Waals surface area contributed by atoms with E-state index >= 15 is 0 Å². The molecule has 1 rings (SSSR count). The molecule has 1 fully saturated rings. The number of epoxide rings is 1. The third-order valence-corrected chi connectivity index (χ3v) is 0.978. The number of ether oxygens (including phenoxy) is 1. The molecule has 0 aliphatic carbocycles. The van der Waals surface area contributed by atoms with Crippen LogP contribution in [0.25, 0.3) is 0 Å². The summed E-state index contributed by atoms with van der Waals surface area (Å²) in [6, 6.07) is 0. The molecule has 0 radical (unpaired) electrons. The van der Waals surface area contributed by atoms with Crippen molar-refractivity contribution in [1.29, 1.82) is 0 Å². The van der Waals surface area contributed by atoms with Gasteiger partial charge in [-0.2, -0.15) is 0 Å². The molecule has 2 N–H and O–H groups in total. The summed E-state index contributed by atoms with van der Waals surface area (Å²) >= 11 is 1.06. The van der Waals surface area contributed by atoms with E-state index in [-0.39, 0.29) is 0 Å². The SMILES string of the molecule is O=C(O)C1OC1C(=O)O.[CH3][K]. The second-order valence-electron chi connectivity index (χ2n) is 1.65. The molecular weight excluding hydrogens is 179 g/mol. The van der Waals surface area contributed by atoms with Crippen LogP contribution < -0.4 is 0 Å². The molecule has 0 spiro atoms. The van der Waals surface area contributed by atoms with Gasteiger partial charge in [0.1, 0.15) is 0 Å². The fraction of sp³-hybridized carbons (Fsp3) is 0.600. The van der Waals surface area contributed by atoms with Gasteiger partial charge in [-0.05, 0) is 0 Å². The molecule has 2 unspecified atom stereocenters. The first kappa shape index (κ1) is 11.5. The second kappa shape index (κ2) is 5.23. The molecule has 0 aromatic heterocycles. The average Bonchev–Trinajstić information content (AvgIpc) is 2.69. The molecule has 2 atom stereocenters. The third kappa shape index (κ3) is 3.63. The molecule has 0 bridgehead atoms. The number of carboxylic acid groups (broad SMARTS) is 2. The van der Waals surface area contributed by atoms with Crippen molar-refractivity contribution in [2.24, 2.45) is 0 Å². The Morgan fingerprint density at radius 1 is 1.18 bits per heavy atom. The summed E-state index contributed by atoms with van der Waals surface area (Å²) in [5.74, 6) is -2.44. The molecule has 5 nitrogen and oxygen atoms in total. The molecule has 58 valence electrons. The molecule has 1 heterocycles. The van der Waals surface area contributed by atoms with E-state index < -0.39 is 24.1 Å². The Balaban J connectivity index is 0.000000461. The Bertz CT molecular complexity index is 150. The van der Waals surface area contributed by atoms with E-state index in [1.54, 1.807) is 0 Å². The molecule has 1 aliphatic heterocycles. The fourth-order valence-corrected chi connectivity index (χ4v) is 0.488. The molecule has 1 saturated heterocycles. The summed E-state index contributed by atoms with van der Waals surface area (Å²) in [4.78, 5) is 19.8. The Morgan fingerprint density at radius 3 is 1.55 bits per heavy atom. The van der Waals surface area contributed by atoms with Crippen LogP contribution in [-0.4, -0.2) is 83.3 Å². The summed E-state index contributed by atoms with van der Waals surface area (Å²) in [5.41, 5.74) is 0. The Hall–Kier alpha value is 0.536. The fourth-order valence-electron chi connectivity index (χ4n) is 0.488. The number of aliphatic carboxylic acids is 2. The average molecular weight is 186 g/mol. The van der Waals surface area contributed by atoms with Crippen molar-refractivity contribution >= 4 is 60.9 Å². The molecular formula is C5H7KO5. The van der Waals surface area contributed by atoms with E-state index in [0.717, 1.165) is 49.0 Å². The third-order valence-electron chi connectivity index (χ3n) is 0.978. The van der Waals surface area contributed by atoms with Crippen molar-refractivity contribution in [1.82, 2.24) is 0 Å². The standard InChI is InChI=1S/C4H4O5.CH3.K/c5-3(6)1-2(9-1)4(7)8;;/h1-2H,(H,5,6)(H,7,8);1H3;. The number of hydrogen-bond acceptors (Lipinski definition) is 3. The van der Waals surface area contributed by atoms with Crippen LogP contribution in [0.15, 0.2) is 0 Å². The maximum absolute atomic E-state index is 9.89. The number of carbonyl (C=O) groups is 2. The molecule has 0 amide bonds. The van der Waals surface area contributed by atoms with Crippen LogP contribution in [0.4, 0.5) is 0 Å². The van der Waals surface area contributed by atoms with E-state index in [2.05, 4.69) is 5.76 Å². The van der Waals surface area contributed by atoms with Crippen molar-refractivity contribution in [3.05, 3.63) is 0 Å². The van der Waals surface area contributed by atoms with Crippen LogP contribution in [-0.2, 0) is 14.3 Å². The summed E-state index contributed by atoms with van der Waals surface area (Å²) in [6.07, 6.45) is -2.25. The van der Waals surface area contributed by atoms with Gasteiger partial charge in [-0.1, -0.05) is 0 Å². The van der Waals surface area contributed by atoms with E-state index in [0.29, 0.717) is 0 Å². The van der Waals surface area contributed by atoms with E-state index in [1.165, 1.54) is 0 Å². The van der Waals surface area contributed by atoms with Crippen LogP contribution in [0.5, 0.6) is 0 Å². The van der Waals surface area contributed by atoms with Gasteiger partial charge in [0, 0.05) is 0 Å². The molecule has 0 aromatic rings. The van der Waals surface area contributed by atoms with Crippen LogP contribution in [0.2, 0.25) is 1.02 Å². The van der Waals surface area contributed by atoms with E-state index in [9.17, 15) is 9.59 Å². The van der Waals surface area contributed by atoms with Gasteiger partial charge in [-0.3, -0.25) is 0 Å². The van der Waals surface area contributed by atoms with Crippen LogP contribution in [0.3, 0.4) is 0 Å². The van der Waals surface area contributed by atoms with E-state index in [1.807, 2.05) is 0 Å². The van der Waals surface area contributed by atoms with Gasteiger partial charge in [0.25, 0.3) is 0 Å². The van der Waals surface area contributed by atoms with Gasteiger partial charge >= 0.3 is 61.9 Å². The first-order valence-corrected chi connectivity index (χ1v) is 6.36. The molecule has 0 saturated carbocycles. The number of hydrogen-bond donors (Lipinski definition) is 2. The summed E-state index contributed by atoms with van der Waals surface area (Å²) < 4.78 is 6.43. The Morgan fingerprint density at radius 2 is 1.45 bits per heavy atom. The van der Waals surface area contributed by atoms with Crippen molar-refractivity contribution in [2.45, 2.75) is 13.2 Å². The molecule has 1 aliphatic rings. The minimum atomic E-state index is -1.22.